The second-order valence-corrected chi connectivity index (χ2v) is 7.70. The number of thioether (sulfide) groups is 1. The molecule has 0 unspecified atom stereocenters. The maximum Gasteiger partial charge on any atom is 0.255 e. The van der Waals surface area contributed by atoms with Gasteiger partial charge in [-0.1, -0.05) is 60.7 Å². The first-order valence-corrected chi connectivity index (χ1v) is 10.6. The summed E-state index contributed by atoms with van der Waals surface area (Å²) >= 11 is 1.56. The molecule has 0 saturated heterocycles. The summed E-state index contributed by atoms with van der Waals surface area (Å²) in [6, 6.07) is 26.8. The molecule has 0 spiro atoms. The minimum absolute atomic E-state index is 0.00768. The molecule has 0 aliphatic rings. The van der Waals surface area contributed by atoms with Crippen molar-refractivity contribution >= 4 is 29.3 Å². The topological polar surface area (TPSA) is 58.2 Å². The predicted molar refractivity (Wildman–Crippen MR) is 120 cm³/mol. The van der Waals surface area contributed by atoms with E-state index in [1.165, 1.54) is 0 Å². The van der Waals surface area contributed by atoms with Crippen LogP contribution in [-0.4, -0.2) is 17.6 Å². The average Bonchev–Trinajstić information content (AvgIpc) is 2.75. The van der Waals surface area contributed by atoms with Crippen LogP contribution in [0.15, 0.2) is 84.9 Å². The standard InChI is InChI=1S/C24H24N2O2S/c1-18(20-8-4-2-5-9-20)25-23(27)17-29-16-19-12-14-21(15-13-19)24(28)26-22-10-6-3-7-11-22/h2-15,18H,16-17H2,1H3,(H,25,27)(H,26,28)/t18-/m1/s1. The molecule has 2 amide bonds. The normalized spacial score (nSPS) is 11.5. The molecule has 5 heteroatoms. The second kappa shape index (κ2) is 10.5. The van der Waals surface area contributed by atoms with E-state index in [0.717, 1.165) is 16.8 Å². The maximum atomic E-state index is 12.3. The van der Waals surface area contributed by atoms with Crippen molar-refractivity contribution in [3.63, 3.8) is 0 Å². The Hall–Kier alpha value is -3.05. The van der Waals surface area contributed by atoms with Crippen LogP contribution in [0.4, 0.5) is 5.69 Å². The molecule has 2 N–H and O–H groups in total. The highest BCUT2D eigenvalue weighted by atomic mass is 32.2. The van der Waals surface area contributed by atoms with Gasteiger partial charge in [-0.15, -0.1) is 11.8 Å². The van der Waals surface area contributed by atoms with Crippen LogP contribution in [0.1, 0.15) is 34.5 Å². The fourth-order valence-electron chi connectivity index (χ4n) is 2.85. The van der Waals surface area contributed by atoms with E-state index in [4.69, 9.17) is 0 Å². The summed E-state index contributed by atoms with van der Waals surface area (Å²) in [6.07, 6.45) is 0. The molecule has 1 atom stereocenters. The molecular formula is C24H24N2O2S. The van der Waals surface area contributed by atoms with E-state index in [1.54, 1.807) is 11.8 Å². The Labute approximate surface area is 175 Å². The number of hydrogen-bond donors (Lipinski definition) is 2. The van der Waals surface area contributed by atoms with Crippen molar-refractivity contribution in [1.82, 2.24) is 5.32 Å². The third-order valence-corrected chi connectivity index (χ3v) is 5.43. The zero-order valence-corrected chi connectivity index (χ0v) is 17.1. The third-order valence-electron chi connectivity index (χ3n) is 4.43. The summed E-state index contributed by atoms with van der Waals surface area (Å²) in [5.74, 6) is 0.996. The largest absolute Gasteiger partial charge is 0.349 e. The molecule has 148 valence electrons. The van der Waals surface area contributed by atoms with Crippen molar-refractivity contribution in [3.05, 3.63) is 102 Å². The number of benzene rings is 3. The van der Waals surface area contributed by atoms with Gasteiger partial charge in [-0.25, -0.2) is 0 Å². The molecule has 3 aromatic rings. The smallest absolute Gasteiger partial charge is 0.255 e. The van der Waals surface area contributed by atoms with E-state index in [2.05, 4.69) is 10.6 Å². The van der Waals surface area contributed by atoms with Crippen LogP contribution in [0.2, 0.25) is 0 Å². The van der Waals surface area contributed by atoms with Crippen LogP contribution in [-0.2, 0) is 10.5 Å². The fraction of sp³-hybridized carbons (Fsp3) is 0.167. The first kappa shape index (κ1) is 20.7. The number of carbonyl (C=O) groups excluding carboxylic acids is 2. The lowest BCUT2D eigenvalue weighted by atomic mass is 10.1. The molecule has 29 heavy (non-hydrogen) atoms. The molecule has 0 aliphatic heterocycles. The maximum absolute atomic E-state index is 12.3. The molecule has 0 saturated carbocycles. The molecule has 4 nitrogen and oxygen atoms in total. The third kappa shape index (κ3) is 6.50. The molecule has 3 aromatic carbocycles. The number of hydrogen-bond acceptors (Lipinski definition) is 3. The van der Waals surface area contributed by atoms with E-state index in [1.807, 2.05) is 91.9 Å². The number of rotatable bonds is 8. The lowest BCUT2D eigenvalue weighted by Crippen LogP contribution is -2.28. The summed E-state index contributed by atoms with van der Waals surface area (Å²) in [5, 5.41) is 5.89. The van der Waals surface area contributed by atoms with Crippen molar-refractivity contribution in [1.29, 1.82) is 0 Å². The van der Waals surface area contributed by atoms with Gasteiger partial charge < -0.3 is 10.6 Å². The van der Waals surface area contributed by atoms with Gasteiger partial charge in [0.2, 0.25) is 5.91 Å². The molecule has 3 rings (SSSR count). The molecule has 0 bridgehead atoms. The molecule has 0 aliphatic carbocycles. The summed E-state index contributed by atoms with van der Waals surface area (Å²) in [7, 11) is 0. The van der Waals surface area contributed by atoms with E-state index < -0.39 is 0 Å². The Kier molecular flexibility index (Phi) is 7.47. The highest BCUT2D eigenvalue weighted by molar-refractivity contribution is 7.99. The second-order valence-electron chi connectivity index (χ2n) is 6.71. The Bertz CT molecular complexity index is 928. The lowest BCUT2D eigenvalue weighted by molar-refractivity contribution is -0.119. The Morgan fingerprint density at radius 3 is 2.14 bits per heavy atom. The van der Waals surface area contributed by atoms with Gasteiger partial charge in [0.1, 0.15) is 0 Å². The Morgan fingerprint density at radius 2 is 1.48 bits per heavy atom. The summed E-state index contributed by atoms with van der Waals surface area (Å²) < 4.78 is 0. The highest BCUT2D eigenvalue weighted by Gasteiger charge is 2.10. The fourth-order valence-corrected chi connectivity index (χ4v) is 3.65. The number of carbonyl (C=O) groups is 2. The van der Waals surface area contributed by atoms with Gasteiger partial charge in [0.15, 0.2) is 0 Å². The number of anilines is 1. The molecule has 0 radical (unpaired) electrons. The van der Waals surface area contributed by atoms with E-state index >= 15 is 0 Å². The van der Waals surface area contributed by atoms with Crippen molar-refractivity contribution in [3.8, 4) is 0 Å². The van der Waals surface area contributed by atoms with Crippen LogP contribution in [0, 0.1) is 0 Å². The molecule has 0 fully saturated rings. The monoisotopic (exact) mass is 404 g/mol. The number of para-hydroxylation sites is 1. The molecular weight excluding hydrogens is 380 g/mol. The first-order chi connectivity index (χ1) is 14.1. The SMILES string of the molecule is C[C@@H](NC(=O)CSCc1ccc(C(=O)Nc2ccccc2)cc1)c1ccccc1. The van der Waals surface area contributed by atoms with Gasteiger partial charge in [0.25, 0.3) is 5.91 Å². The van der Waals surface area contributed by atoms with Crippen LogP contribution >= 0.6 is 11.8 Å². The Morgan fingerprint density at radius 1 is 0.862 bits per heavy atom. The first-order valence-electron chi connectivity index (χ1n) is 9.49. The highest BCUT2D eigenvalue weighted by Crippen LogP contribution is 2.16. The summed E-state index contributed by atoms with van der Waals surface area (Å²) in [4.78, 5) is 24.4. The van der Waals surface area contributed by atoms with Crippen LogP contribution < -0.4 is 10.6 Å². The average molecular weight is 405 g/mol. The zero-order chi connectivity index (χ0) is 20.5. The van der Waals surface area contributed by atoms with Gasteiger partial charge in [0, 0.05) is 17.0 Å². The van der Waals surface area contributed by atoms with Gasteiger partial charge >= 0.3 is 0 Å². The summed E-state index contributed by atoms with van der Waals surface area (Å²) in [5.41, 5.74) is 3.55. The van der Waals surface area contributed by atoms with Crippen LogP contribution in [0.25, 0.3) is 0 Å². The molecule has 0 aromatic heterocycles. The minimum Gasteiger partial charge on any atom is -0.349 e. The van der Waals surface area contributed by atoms with Crippen molar-refractivity contribution < 1.29 is 9.59 Å². The number of nitrogens with one attached hydrogen (secondary N) is 2. The van der Waals surface area contributed by atoms with Gasteiger partial charge in [-0.05, 0) is 42.3 Å². The van der Waals surface area contributed by atoms with E-state index in [-0.39, 0.29) is 17.9 Å². The van der Waals surface area contributed by atoms with Gasteiger partial charge in [-0.3, -0.25) is 9.59 Å². The van der Waals surface area contributed by atoms with Crippen LogP contribution in [0.3, 0.4) is 0 Å². The number of amides is 2. The minimum atomic E-state index is -0.135. The van der Waals surface area contributed by atoms with E-state index in [9.17, 15) is 9.59 Å². The lowest BCUT2D eigenvalue weighted by Gasteiger charge is -2.14. The van der Waals surface area contributed by atoms with Crippen molar-refractivity contribution in [2.24, 2.45) is 0 Å². The van der Waals surface area contributed by atoms with Crippen molar-refractivity contribution in [2.75, 3.05) is 11.1 Å². The Balaban J connectivity index is 1.43. The van der Waals surface area contributed by atoms with Crippen LogP contribution in [0.5, 0.6) is 0 Å². The van der Waals surface area contributed by atoms with Crippen molar-refractivity contribution in [2.45, 2.75) is 18.7 Å². The quantitative estimate of drug-likeness (QED) is 0.552. The zero-order valence-electron chi connectivity index (χ0n) is 16.3. The van der Waals surface area contributed by atoms with Gasteiger partial charge in [-0.2, -0.15) is 0 Å². The van der Waals surface area contributed by atoms with E-state index in [0.29, 0.717) is 17.1 Å². The van der Waals surface area contributed by atoms with Gasteiger partial charge in [0.05, 0.1) is 11.8 Å². The molecule has 0 heterocycles. The predicted octanol–water partition coefficient (Wildman–Crippen LogP) is 5.05. The summed E-state index contributed by atoms with van der Waals surface area (Å²) in [6.45, 7) is 1.98.